The van der Waals surface area contributed by atoms with E-state index < -0.39 is 0 Å². The van der Waals surface area contributed by atoms with Crippen molar-refractivity contribution in [3.8, 4) is 0 Å². The molecule has 0 amide bonds. The second kappa shape index (κ2) is 3.55. The topological polar surface area (TPSA) is 17.1 Å². The molecule has 0 unspecified atom stereocenters. The van der Waals surface area contributed by atoms with Crippen LogP contribution in [0.1, 0.15) is 39.0 Å². The Labute approximate surface area is 62.1 Å². The number of allylic oxidation sites excluding steroid dienone is 2. The maximum Gasteiger partial charge on any atom is 0.133 e. The highest BCUT2D eigenvalue weighted by molar-refractivity contribution is 5.77. The van der Waals surface area contributed by atoms with Crippen molar-refractivity contribution < 1.29 is 4.79 Å². The van der Waals surface area contributed by atoms with Crippen LogP contribution in [0.2, 0.25) is 0 Å². The fourth-order valence-electron chi connectivity index (χ4n) is 1.32. The minimum Gasteiger partial charge on any atom is -0.300 e. The average molecular weight is 138 g/mol. The molecule has 0 aromatic carbocycles. The van der Waals surface area contributed by atoms with Crippen LogP contribution in [0.25, 0.3) is 0 Å². The number of carbonyl (C=O) groups excluding carboxylic acids is 1. The number of rotatable bonds is 2. The van der Waals surface area contributed by atoms with Crippen molar-refractivity contribution in [1.29, 1.82) is 0 Å². The fourth-order valence-corrected chi connectivity index (χ4v) is 1.32. The van der Waals surface area contributed by atoms with E-state index >= 15 is 0 Å². The van der Waals surface area contributed by atoms with E-state index in [1.165, 1.54) is 31.3 Å². The molecule has 0 aliphatic heterocycles. The second-order valence-corrected chi connectivity index (χ2v) is 2.98. The monoisotopic (exact) mass is 138 g/mol. The van der Waals surface area contributed by atoms with Crippen LogP contribution in [0.15, 0.2) is 11.6 Å². The molecule has 1 nitrogen and oxygen atoms in total. The van der Waals surface area contributed by atoms with Gasteiger partial charge in [-0.25, -0.2) is 0 Å². The largest absolute Gasteiger partial charge is 0.300 e. The van der Waals surface area contributed by atoms with E-state index in [0.717, 1.165) is 0 Å². The first-order valence-corrected chi connectivity index (χ1v) is 3.96. The molecule has 0 N–H and O–H groups in total. The van der Waals surface area contributed by atoms with Crippen molar-refractivity contribution in [2.24, 2.45) is 0 Å². The van der Waals surface area contributed by atoms with Gasteiger partial charge in [-0.05, 0) is 32.6 Å². The van der Waals surface area contributed by atoms with Gasteiger partial charge in [-0.1, -0.05) is 11.6 Å². The molecular weight excluding hydrogens is 124 g/mol. The molecule has 1 aliphatic rings. The summed E-state index contributed by atoms with van der Waals surface area (Å²) in [5, 5.41) is 0. The highest BCUT2D eigenvalue weighted by Gasteiger charge is 2.05. The molecule has 1 aliphatic carbocycles. The van der Waals surface area contributed by atoms with Crippen LogP contribution >= 0.6 is 0 Å². The van der Waals surface area contributed by atoms with Gasteiger partial charge in [0.15, 0.2) is 0 Å². The summed E-state index contributed by atoms with van der Waals surface area (Å²) in [5.41, 5.74) is 1.50. The van der Waals surface area contributed by atoms with Gasteiger partial charge in [0.25, 0.3) is 0 Å². The van der Waals surface area contributed by atoms with Crippen molar-refractivity contribution in [2.75, 3.05) is 0 Å². The minimum atomic E-state index is 0.277. The molecule has 0 aromatic heterocycles. The van der Waals surface area contributed by atoms with E-state index in [1.807, 2.05) is 0 Å². The predicted octanol–water partition coefficient (Wildman–Crippen LogP) is 2.47. The van der Waals surface area contributed by atoms with Crippen LogP contribution in [0.4, 0.5) is 0 Å². The lowest BCUT2D eigenvalue weighted by Gasteiger charge is -1.91. The number of Topliss-reactive ketones (excluding diaryl/α,β-unsaturated/α-hetero) is 1. The molecule has 56 valence electrons. The van der Waals surface area contributed by atoms with Gasteiger partial charge in [-0.2, -0.15) is 0 Å². The Hall–Kier alpha value is -0.590. The predicted molar refractivity (Wildman–Crippen MR) is 41.8 cm³/mol. The van der Waals surface area contributed by atoms with Crippen LogP contribution in [-0.4, -0.2) is 5.78 Å². The summed E-state index contributed by atoms with van der Waals surface area (Å²) in [4.78, 5) is 10.6. The van der Waals surface area contributed by atoms with E-state index in [0.29, 0.717) is 6.42 Å². The Kier molecular flexibility index (Phi) is 2.67. The maximum atomic E-state index is 10.6. The highest BCUT2D eigenvalue weighted by atomic mass is 16.1. The van der Waals surface area contributed by atoms with Gasteiger partial charge in [0.2, 0.25) is 0 Å². The average Bonchev–Trinajstić information content (AvgIpc) is 2.34. The number of ketones is 1. The molecule has 1 heteroatoms. The summed E-state index contributed by atoms with van der Waals surface area (Å²) in [7, 11) is 0. The lowest BCUT2D eigenvalue weighted by molar-refractivity contribution is -0.116. The minimum absolute atomic E-state index is 0.277. The molecule has 10 heavy (non-hydrogen) atoms. The summed E-state index contributed by atoms with van der Waals surface area (Å²) in [5.74, 6) is 0.277. The smallest absolute Gasteiger partial charge is 0.133 e. The SMILES string of the molecule is CC(=O)CC=C1CCCC1. The normalized spacial score (nSPS) is 17.5. The summed E-state index contributed by atoms with van der Waals surface area (Å²) in [6.07, 6.45) is 7.86. The van der Waals surface area contributed by atoms with Crippen LogP contribution in [-0.2, 0) is 4.79 Å². The van der Waals surface area contributed by atoms with Crippen molar-refractivity contribution >= 4 is 5.78 Å². The maximum absolute atomic E-state index is 10.6. The van der Waals surface area contributed by atoms with E-state index in [9.17, 15) is 4.79 Å². The van der Waals surface area contributed by atoms with E-state index in [4.69, 9.17) is 0 Å². The van der Waals surface area contributed by atoms with E-state index in [1.54, 1.807) is 6.92 Å². The van der Waals surface area contributed by atoms with Crippen LogP contribution in [0.3, 0.4) is 0 Å². The van der Waals surface area contributed by atoms with Gasteiger partial charge in [-0.15, -0.1) is 0 Å². The Morgan fingerprint density at radius 3 is 2.60 bits per heavy atom. The second-order valence-electron chi connectivity index (χ2n) is 2.98. The first-order valence-electron chi connectivity index (χ1n) is 3.96. The van der Waals surface area contributed by atoms with Crippen LogP contribution < -0.4 is 0 Å². The summed E-state index contributed by atoms with van der Waals surface area (Å²) in [6, 6.07) is 0. The standard InChI is InChI=1S/C9H14O/c1-8(10)6-7-9-4-2-3-5-9/h7H,2-6H2,1H3. The van der Waals surface area contributed by atoms with Crippen LogP contribution in [0, 0.1) is 0 Å². The Morgan fingerprint density at radius 1 is 1.50 bits per heavy atom. The van der Waals surface area contributed by atoms with Crippen molar-refractivity contribution in [3.05, 3.63) is 11.6 Å². The van der Waals surface area contributed by atoms with Crippen molar-refractivity contribution in [3.63, 3.8) is 0 Å². The molecule has 0 spiro atoms. The van der Waals surface area contributed by atoms with E-state index in [2.05, 4.69) is 6.08 Å². The Bertz CT molecular complexity index is 148. The molecule has 1 saturated carbocycles. The summed E-state index contributed by atoms with van der Waals surface area (Å²) < 4.78 is 0. The zero-order valence-corrected chi connectivity index (χ0v) is 6.52. The molecule has 0 bridgehead atoms. The molecule has 1 fully saturated rings. The summed E-state index contributed by atoms with van der Waals surface area (Å²) in [6.45, 7) is 1.64. The molecular formula is C9H14O. The van der Waals surface area contributed by atoms with Gasteiger partial charge in [0.1, 0.15) is 5.78 Å². The highest BCUT2D eigenvalue weighted by Crippen LogP contribution is 2.23. The fraction of sp³-hybridized carbons (Fsp3) is 0.667. The molecule has 0 heterocycles. The quantitative estimate of drug-likeness (QED) is 0.536. The summed E-state index contributed by atoms with van der Waals surface area (Å²) >= 11 is 0. The van der Waals surface area contributed by atoms with Gasteiger partial charge in [-0.3, -0.25) is 4.79 Å². The third-order valence-electron chi connectivity index (χ3n) is 1.92. The number of hydrogen-bond donors (Lipinski definition) is 0. The van der Waals surface area contributed by atoms with E-state index in [-0.39, 0.29) is 5.78 Å². The zero-order valence-electron chi connectivity index (χ0n) is 6.52. The first-order chi connectivity index (χ1) is 4.79. The Morgan fingerprint density at radius 2 is 2.10 bits per heavy atom. The molecule has 0 atom stereocenters. The van der Waals surface area contributed by atoms with Gasteiger partial charge >= 0.3 is 0 Å². The van der Waals surface area contributed by atoms with Gasteiger partial charge < -0.3 is 0 Å². The van der Waals surface area contributed by atoms with Crippen molar-refractivity contribution in [1.82, 2.24) is 0 Å². The number of carbonyl (C=O) groups is 1. The lowest BCUT2D eigenvalue weighted by atomic mass is 10.1. The van der Waals surface area contributed by atoms with Gasteiger partial charge in [0, 0.05) is 6.42 Å². The van der Waals surface area contributed by atoms with Gasteiger partial charge in [0.05, 0.1) is 0 Å². The third kappa shape index (κ3) is 2.34. The lowest BCUT2D eigenvalue weighted by Crippen LogP contribution is -1.85. The van der Waals surface area contributed by atoms with Crippen LogP contribution in [0.5, 0.6) is 0 Å². The molecule has 0 saturated heterocycles. The zero-order chi connectivity index (χ0) is 7.40. The molecule has 0 radical (unpaired) electrons. The third-order valence-corrected chi connectivity index (χ3v) is 1.92. The number of hydrogen-bond acceptors (Lipinski definition) is 1. The van der Waals surface area contributed by atoms with Crippen molar-refractivity contribution in [2.45, 2.75) is 39.0 Å². The molecule has 0 aromatic rings. The molecule has 1 rings (SSSR count). The Balaban J connectivity index is 2.31. The first kappa shape index (κ1) is 7.52.